The highest BCUT2D eigenvalue weighted by molar-refractivity contribution is 7.05. The summed E-state index contributed by atoms with van der Waals surface area (Å²) in [5.41, 5.74) is 5.88. The van der Waals surface area contributed by atoms with Gasteiger partial charge in [-0.25, -0.2) is 4.98 Å². The summed E-state index contributed by atoms with van der Waals surface area (Å²) in [6.45, 7) is 1.79. The predicted octanol–water partition coefficient (Wildman–Crippen LogP) is 0.532. The van der Waals surface area contributed by atoms with Crippen LogP contribution in [-0.2, 0) is 6.42 Å². The third-order valence-electron chi connectivity index (χ3n) is 2.43. The SMILES string of the molecule is N#CCc1nc(N2CCCC(N)C2)ns1. The first-order valence-corrected chi connectivity index (χ1v) is 5.77. The van der Waals surface area contributed by atoms with Crippen molar-refractivity contribution in [2.24, 2.45) is 5.73 Å². The van der Waals surface area contributed by atoms with Gasteiger partial charge in [0.05, 0.1) is 12.5 Å². The Hall–Kier alpha value is -1.19. The molecule has 0 saturated carbocycles. The molecule has 1 unspecified atom stereocenters. The Morgan fingerprint density at radius 3 is 3.27 bits per heavy atom. The van der Waals surface area contributed by atoms with Crippen LogP contribution in [0.5, 0.6) is 0 Å². The molecule has 0 amide bonds. The summed E-state index contributed by atoms with van der Waals surface area (Å²) in [5, 5.41) is 9.32. The van der Waals surface area contributed by atoms with E-state index in [1.807, 2.05) is 0 Å². The van der Waals surface area contributed by atoms with Gasteiger partial charge in [0.15, 0.2) is 0 Å². The van der Waals surface area contributed by atoms with Gasteiger partial charge in [0, 0.05) is 19.1 Å². The monoisotopic (exact) mass is 223 g/mol. The second kappa shape index (κ2) is 4.55. The van der Waals surface area contributed by atoms with E-state index in [4.69, 9.17) is 11.0 Å². The van der Waals surface area contributed by atoms with E-state index >= 15 is 0 Å². The van der Waals surface area contributed by atoms with E-state index in [1.165, 1.54) is 11.5 Å². The average molecular weight is 223 g/mol. The number of nitriles is 1. The summed E-state index contributed by atoms with van der Waals surface area (Å²) < 4.78 is 4.24. The summed E-state index contributed by atoms with van der Waals surface area (Å²) in [5.74, 6) is 0.736. The Kier molecular flexibility index (Phi) is 3.14. The summed E-state index contributed by atoms with van der Waals surface area (Å²) in [6.07, 6.45) is 2.51. The first-order valence-electron chi connectivity index (χ1n) is 4.99. The summed E-state index contributed by atoms with van der Waals surface area (Å²) in [7, 11) is 0. The molecule has 6 heteroatoms. The lowest BCUT2D eigenvalue weighted by atomic mass is 10.1. The molecular formula is C9H13N5S. The van der Waals surface area contributed by atoms with Crippen LogP contribution < -0.4 is 10.6 Å². The number of rotatable bonds is 2. The van der Waals surface area contributed by atoms with Crippen molar-refractivity contribution in [1.82, 2.24) is 9.36 Å². The van der Waals surface area contributed by atoms with Crippen molar-refractivity contribution in [2.45, 2.75) is 25.3 Å². The van der Waals surface area contributed by atoms with Crippen molar-refractivity contribution in [2.75, 3.05) is 18.0 Å². The van der Waals surface area contributed by atoms with Crippen molar-refractivity contribution in [1.29, 1.82) is 5.26 Å². The average Bonchev–Trinajstić information content (AvgIpc) is 2.67. The molecule has 1 aliphatic rings. The van der Waals surface area contributed by atoms with Gasteiger partial charge < -0.3 is 10.6 Å². The Labute approximate surface area is 92.7 Å². The van der Waals surface area contributed by atoms with E-state index in [2.05, 4.69) is 20.3 Å². The first-order chi connectivity index (χ1) is 7.29. The Balaban J connectivity index is 2.05. The minimum atomic E-state index is 0.224. The van der Waals surface area contributed by atoms with E-state index in [0.29, 0.717) is 6.42 Å². The molecule has 1 atom stereocenters. The van der Waals surface area contributed by atoms with Gasteiger partial charge >= 0.3 is 0 Å². The number of hydrogen-bond acceptors (Lipinski definition) is 6. The van der Waals surface area contributed by atoms with Crippen LogP contribution in [0.1, 0.15) is 17.8 Å². The third-order valence-corrected chi connectivity index (χ3v) is 3.13. The zero-order valence-electron chi connectivity index (χ0n) is 8.39. The Morgan fingerprint density at radius 1 is 1.67 bits per heavy atom. The van der Waals surface area contributed by atoms with Crippen molar-refractivity contribution >= 4 is 17.5 Å². The lowest BCUT2D eigenvalue weighted by Crippen LogP contribution is -2.43. The van der Waals surface area contributed by atoms with E-state index in [1.54, 1.807) is 0 Å². The molecule has 1 fully saturated rings. The van der Waals surface area contributed by atoms with Crippen LogP contribution in [0.4, 0.5) is 5.95 Å². The lowest BCUT2D eigenvalue weighted by Gasteiger charge is -2.29. The zero-order chi connectivity index (χ0) is 10.7. The van der Waals surface area contributed by atoms with Crippen LogP contribution in [0.15, 0.2) is 0 Å². The fourth-order valence-corrected chi connectivity index (χ4v) is 2.30. The Morgan fingerprint density at radius 2 is 2.53 bits per heavy atom. The van der Waals surface area contributed by atoms with E-state index in [-0.39, 0.29) is 6.04 Å². The highest BCUT2D eigenvalue weighted by atomic mass is 32.1. The van der Waals surface area contributed by atoms with Crippen molar-refractivity contribution < 1.29 is 0 Å². The summed E-state index contributed by atoms with van der Waals surface area (Å²) in [4.78, 5) is 6.42. The van der Waals surface area contributed by atoms with E-state index in [0.717, 1.165) is 36.9 Å². The van der Waals surface area contributed by atoms with Gasteiger partial charge in [-0.15, -0.1) is 0 Å². The number of nitrogens with zero attached hydrogens (tertiary/aromatic N) is 4. The van der Waals surface area contributed by atoms with Gasteiger partial charge in [0.2, 0.25) is 5.95 Å². The lowest BCUT2D eigenvalue weighted by molar-refractivity contribution is 0.501. The summed E-state index contributed by atoms with van der Waals surface area (Å²) in [6, 6.07) is 2.30. The molecule has 0 radical (unpaired) electrons. The van der Waals surface area contributed by atoms with Gasteiger partial charge in [-0.1, -0.05) is 0 Å². The molecule has 1 aromatic rings. The highest BCUT2D eigenvalue weighted by Gasteiger charge is 2.19. The van der Waals surface area contributed by atoms with E-state index < -0.39 is 0 Å². The van der Waals surface area contributed by atoms with E-state index in [9.17, 15) is 0 Å². The smallest absolute Gasteiger partial charge is 0.237 e. The van der Waals surface area contributed by atoms with Gasteiger partial charge in [-0.2, -0.15) is 9.64 Å². The van der Waals surface area contributed by atoms with Crippen molar-refractivity contribution in [3.8, 4) is 6.07 Å². The Bertz CT molecular complexity index is 369. The molecule has 2 rings (SSSR count). The molecule has 2 heterocycles. The maximum atomic E-state index is 8.54. The standard InChI is InChI=1S/C9H13N5S/c10-4-3-8-12-9(13-15-8)14-5-1-2-7(11)6-14/h7H,1-3,5-6,11H2. The normalized spacial score (nSPS) is 21.3. The van der Waals surface area contributed by atoms with Crippen LogP contribution in [0.25, 0.3) is 0 Å². The number of anilines is 1. The largest absolute Gasteiger partial charge is 0.339 e. The second-order valence-electron chi connectivity index (χ2n) is 3.67. The quantitative estimate of drug-likeness (QED) is 0.791. The fraction of sp³-hybridized carbons (Fsp3) is 0.667. The number of nitrogens with two attached hydrogens (primary N) is 1. The second-order valence-corrected chi connectivity index (χ2v) is 4.51. The van der Waals surface area contributed by atoms with Crippen LogP contribution >= 0.6 is 11.5 Å². The number of aromatic nitrogens is 2. The van der Waals surface area contributed by atoms with Gasteiger partial charge in [0.25, 0.3) is 0 Å². The number of hydrogen-bond donors (Lipinski definition) is 1. The molecule has 0 aromatic carbocycles. The fourth-order valence-electron chi connectivity index (χ4n) is 1.71. The van der Waals surface area contributed by atoms with Crippen LogP contribution in [0.2, 0.25) is 0 Å². The third kappa shape index (κ3) is 2.43. The summed E-state index contributed by atoms with van der Waals surface area (Å²) >= 11 is 1.30. The molecule has 0 spiro atoms. The molecule has 0 bridgehead atoms. The molecule has 2 N–H and O–H groups in total. The minimum absolute atomic E-state index is 0.224. The number of piperidine rings is 1. The molecule has 5 nitrogen and oxygen atoms in total. The van der Waals surface area contributed by atoms with Gasteiger partial charge in [-0.05, 0) is 24.4 Å². The zero-order valence-corrected chi connectivity index (χ0v) is 9.20. The molecule has 0 aliphatic carbocycles. The highest BCUT2D eigenvalue weighted by Crippen LogP contribution is 2.18. The maximum Gasteiger partial charge on any atom is 0.237 e. The van der Waals surface area contributed by atoms with Gasteiger partial charge in [0.1, 0.15) is 5.01 Å². The van der Waals surface area contributed by atoms with Crippen LogP contribution in [0.3, 0.4) is 0 Å². The van der Waals surface area contributed by atoms with Crippen LogP contribution in [-0.4, -0.2) is 28.5 Å². The van der Waals surface area contributed by atoms with Gasteiger partial charge in [-0.3, -0.25) is 0 Å². The first kappa shape index (κ1) is 10.3. The van der Waals surface area contributed by atoms with Crippen LogP contribution in [0, 0.1) is 11.3 Å². The topological polar surface area (TPSA) is 78.8 Å². The van der Waals surface area contributed by atoms with Crippen molar-refractivity contribution in [3.63, 3.8) is 0 Å². The molecule has 15 heavy (non-hydrogen) atoms. The maximum absolute atomic E-state index is 8.54. The molecule has 1 aliphatic heterocycles. The van der Waals surface area contributed by atoms with Crippen molar-refractivity contribution in [3.05, 3.63) is 5.01 Å². The molecular weight excluding hydrogens is 210 g/mol. The molecule has 1 saturated heterocycles. The predicted molar refractivity (Wildman–Crippen MR) is 58.6 cm³/mol. The molecule has 1 aromatic heterocycles. The molecule has 80 valence electrons. The minimum Gasteiger partial charge on any atom is -0.339 e.